The van der Waals surface area contributed by atoms with Crippen LogP contribution in [-0.4, -0.2) is 55.5 Å². The van der Waals surface area contributed by atoms with Gasteiger partial charge in [-0.3, -0.25) is 5.32 Å². The lowest BCUT2D eigenvalue weighted by Crippen LogP contribution is -2.48. The van der Waals surface area contributed by atoms with Crippen LogP contribution in [0.3, 0.4) is 0 Å². The zero-order chi connectivity index (χ0) is 17.6. The van der Waals surface area contributed by atoms with Gasteiger partial charge < -0.3 is 20.4 Å². The maximum absolute atomic E-state index is 11.2. The van der Waals surface area contributed by atoms with Crippen molar-refractivity contribution in [1.82, 2.24) is 10.6 Å². The molecule has 2 fully saturated rings. The molecule has 0 aliphatic heterocycles. The minimum atomic E-state index is -0.670. The van der Waals surface area contributed by atoms with Gasteiger partial charge in [-0.25, -0.2) is 0 Å². The van der Waals surface area contributed by atoms with Crippen LogP contribution in [0.15, 0.2) is 16.8 Å². The molecule has 0 aromatic heterocycles. The van der Waals surface area contributed by atoms with Gasteiger partial charge >= 0.3 is 0 Å². The van der Waals surface area contributed by atoms with Crippen LogP contribution in [0, 0.1) is 11.3 Å². The largest absolute Gasteiger partial charge is 0.396 e. The van der Waals surface area contributed by atoms with Gasteiger partial charge in [0.2, 0.25) is 0 Å². The SMILES string of the molecule is CNCC(NC)ON=C[C@H]1CC[C@]2(O)C/C(=C/CCO)CC[C@]12C. The maximum Gasteiger partial charge on any atom is 0.190 e. The molecule has 0 aromatic carbocycles. The highest BCUT2D eigenvalue weighted by Crippen LogP contribution is 2.58. The van der Waals surface area contributed by atoms with E-state index in [4.69, 9.17) is 9.94 Å². The summed E-state index contributed by atoms with van der Waals surface area (Å²) in [6, 6.07) is 0. The van der Waals surface area contributed by atoms with Crippen LogP contribution in [0.4, 0.5) is 0 Å². The number of fused-ring (bicyclic) bond motifs is 1. The highest BCUT2D eigenvalue weighted by Gasteiger charge is 2.57. The number of hydrogen-bond acceptors (Lipinski definition) is 6. The molecule has 0 radical (unpaired) electrons. The molecule has 0 spiro atoms. The van der Waals surface area contributed by atoms with Gasteiger partial charge in [0, 0.05) is 30.7 Å². The predicted molar refractivity (Wildman–Crippen MR) is 95.8 cm³/mol. The Morgan fingerprint density at radius 1 is 1.42 bits per heavy atom. The summed E-state index contributed by atoms with van der Waals surface area (Å²) in [5, 5.41) is 30.5. The molecule has 1 unspecified atom stereocenters. The summed E-state index contributed by atoms with van der Waals surface area (Å²) in [4.78, 5) is 5.50. The van der Waals surface area contributed by atoms with Gasteiger partial charge in [-0.1, -0.05) is 23.7 Å². The lowest BCUT2D eigenvalue weighted by molar-refractivity contribution is -0.0761. The average molecular weight is 339 g/mol. The molecule has 138 valence electrons. The van der Waals surface area contributed by atoms with Crippen molar-refractivity contribution >= 4 is 6.21 Å². The number of likely N-dealkylation sites (N-methyl/N-ethyl adjacent to an activating group) is 2. The first-order chi connectivity index (χ1) is 11.5. The highest BCUT2D eigenvalue weighted by atomic mass is 16.6. The molecule has 2 rings (SSSR count). The number of aliphatic hydroxyl groups excluding tert-OH is 1. The molecule has 6 heteroatoms. The molecule has 0 saturated heterocycles. The van der Waals surface area contributed by atoms with Crippen LogP contribution < -0.4 is 10.6 Å². The standard InChI is InChI=1S/C18H33N3O3/c1-17-8-6-14(5-4-10-22)11-18(17,23)9-7-15(17)12-21-24-16(20-3)13-19-2/h5,12,15-16,19-20,22-23H,4,6-11,13H2,1-3H3/b14-5+,21-12?/t15-,16?,17-,18+/m1/s1. The predicted octanol–water partition coefficient (Wildman–Crippen LogP) is 1.39. The summed E-state index contributed by atoms with van der Waals surface area (Å²) in [6.45, 7) is 3.03. The fourth-order valence-corrected chi connectivity index (χ4v) is 4.18. The Morgan fingerprint density at radius 2 is 2.21 bits per heavy atom. The summed E-state index contributed by atoms with van der Waals surface area (Å²) in [7, 11) is 3.72. The molecule has 0 aromatic rings. The van der Waals surface area contributed by atoms with E-state index in [1.165, 1.54) is 5.57 Å². The van der Waals surface area contributed by atoms with Crippen LogP contribution in [-0.2, 0) is 4.84 Å². The zero-order valence-electron chi connectivity index (χ0n) is 15.2. The summed E-state index contributed by atoms with van der Waals surface area (Å²) in [5.41, 5.74) is 0.452. The van der Waals surface area contributed by atoms with Crippen LogP contribution in [0.5, 0.6) is 0 Å². The molecule has 4 atom stereocenters. The van der Waals surface area contributed by atoms with Crippen LogP contribution in [0.2, 0.25) is 0 Å². The number of hydrogen-bond donors (Lipinski definition) is 4. The van der Waals surface area contributed by atoms with E-state index in [0.29, 0.717) is 19.4 Å². The van der Waals surface area contributed by atoms with E-state index in [2.05, 4.69) is 28.8 Å². The van der Waals surface area contributed by atoms with E-state index < -0.39 is 5.60 Å². The number of nitrogens with zero attached hydrogens (tertiary/aromatic N) is 1. The third-order valence-electron chi connectivity index (χ3n) is 5.94. The lowest BCUT2D eigenvalue weighted by Gasteiger charge is -2.47. The van der Waals surface area contributed by atoms with Gasteiger partial charge in [0.25, 0.3) is 0 Å². The molecule has 6 nitrogen and oxygen atoms in total. The van der Waals surface area contributed by atoms with E-state index in [0.717, 1.165) is 25.7 Å². The molecule has 24 heavy (non-hydrogen) atoms. The molecule has 2 aliphatic rings. The first-order valence-electron chi connectivity index (χ1n) is 9.01. The quantitative estimate of drug-likeness (QED) is 0.232. The number of oxime groups is 1. The Balaban J connectivity index is 2.00. The first kappa shape index (κ1) is 19.4. The first-order valence-corrected chi connectivity index (χ1v) is 9.01. The summed E-state index contributed by atoms with van der Waals surface area (Å²) >= 11 is 0. The van der Waals surface area contributed by atoms with E-state index in [9.17, 15) is 5.11 Å². The fourth-order valence-electron chi connectivity index (χ4n) is 4.18. The Kier molecular flexibility index (Phi) is 6.80. The van der Waals surface area contributed by atoms with Crippen LogP contribution >= 0.6 is 0 Å². The Bertz CT molecular complexity index is 468. The van der Waals surface area contributed by atoms with Crippen molar-refractivity contribution in [2.24, 2.45) is 16.5 Å². The smallest absolute Gasteiger partial charge is 0.190 e. The molecule has 2 saturated carbocycles. The number of rotatable bonds is 8. The minimum Gasteiger partial charge on any atom is -0.396 e. The van der Waals surface area contributed by atoms with Crippen molar-refractivity contribution in [3.05, 3.63) is 11.6 Å². The molecule has 0 amide bonds. The third-order valence-corrected chi connectivity index (χ3v) is 5.94. The second kappa shape index (κ2) is 8.43. The second-order valence-electron chi connectivity index (χ2n) is 7.34. The molecule has 2 aliphatic carbocycles. The van der Waals surface area contributed by atoms with Crippen molar-refractivity contribution in [1.29, 1.82) is 0 Å². The van der Waals surface area contributed by atoms with E-state index in [1.54, 1.807) is 0 Å². The van der Waals surface area contributed by atoms with Gasteiger partial charge in [-0.2, -0.15) is 0 Å². The Labute approximate surface area is 145 Å². The molecule has 4 N–H and O–H groups in total. The summed E-state index contributed by atoms with van der Waals surface area (Å²) < 4.78 is 0. The normalized spacial score (nSPS) is 36.2. The van der Waals surface area contributed by atoms with Gasteiger partial charge in [-0.05, 0) is 52.6 Å². The van der Waals surface area contributed by atoms with Crippen molar-refractivity contribution in [2.45, 2.75) is 57.3 Å². The van der Waals surface area contributed by atoms with E-state index in [1.807, 2.05) is 20.3 Å². The van der Waals surface area contributed by atoms with Crippen molar-refractivity contribution in [3.8, 4) is 0 Å². The molecule has 0 bridgehead atoms. The highest BCUT2D eigenvalue weighted by molar-refractivity contribution is 5.63. The maximum atomic E-state index is 11.2. The van der Waals surface area contributed by atoms with Gasteiger partial charge in [0.15, 0.2) is 6.23 Å². The Hall–Kier alpha value is -0.950. The number of nitrogens with one attached hydrogen (secondary N) is 2. The van der Waals surface area contributed by atoms with Crippen LogP contribution in [0.1, 0.15) is 45.4 Å². The van der Waals surface area contributed by atoms with Crippen molar-refractivity contribution < 1.29 is 15.1 Å². The van der Waals surface area contributed by atoms with E-state index in [-0.39, 0.29) is 24.2 Å². The van der Waals surface area contributed by atoms with Crippen molar-refractivity contribution in [2.75, 3.05) is 27.2 Å². The topological polar surface area (TPSA) is 86.1 Å². The molecular weight excluding hydrogens is 306 g/mol. The average Bonchev–Trinajstić information content (AvgIpc) is 2.83. The Morgan fingerprint density at radius 3 is 2.88 bits per heavy atom. The van der Waals surface area contributed by atoms with Crippen molar-refractivity contribution in [3.63, 3.8) is 0 Å². The monoisotopic (exact) mass is 339 g/mol. The van der Waals surface area contributed by atoms with Gasteiger partial charge in [0.1, 0.15) is 0 Å². The zero-order valence-corrected chi connectivity index (χ0v) is 15.2. The summed E-state index contributed by atoms with van der Waals surface area (Å²) in [6.07, 6.45) is 8.89. The van der Waals surface area contributed by atoms with Gasteiger partial charge in [0.05, 0.1) is 5.60 Å². The third kappa shape index (κ3) is 3.99. The summed E-state index contributed by atoms with van der Waals surface area (Å²) in [5.74, 6) is 0.231. The number of aliphatic hydroxyl groups is 2. The molecule has 0 heterocycles. The fraction of sp³-hybridized carbons (Fsp3) is 0.833. The van der Waals surface area contributed by atoms with Crippen LogP contribution in [0.25, 0.3) is 0 Å². The second-order valence-corrected chi connectivity index (χ2v) is 7.34. The minimum absolute atomic E-state index is 0.154. The molecular formula is C18H33N3O3. The lowest BCUT2D eigenvalue weighted by atomic mass is 9.61. The van der Waals surface area contributed by atoms with Gasteiger partial charge in [-0.15, -0.1) is 0 Å². The van der Waals surface area contributed by atoms with E-state index >= 15 is 0 Å².